The van der Waals surface area contributed by atoms with Crippen LogP contribution in [0.4, 0.5) is 0 Å². The molecule has 1 aromatic heterocycles. The van der Waals surface area contributed by atoms with E-state index >= 15 is 0 Å². The van der Waals surface area contributed by atoms with Gasteiger partial charge in [0.2, 0.25) is 5.89 Å². The molecule has 0 N–H and O–H groups in total. The highest BCUT2D eigenvalue weighted by Gasteiger charge is 2.06. The predicted molar refractivity (Wildman–Crippen MR) is 69.5 cm³/mol. The average molecular weight is 221 g/mol. The number of para-hydroxylation sites is 2. The van der Waals surface area contributed by atoms with Gasteiger partial charge in [-0.25, -0.2) is 4.98 Å². The zero-order valence-electron chi connectivity index (χ0n) is 9.26. The fourth-order valence-electron chi connectivity index (χ4n) is 1.76. The topological polar surface area (TPSA) is 26.0 Å². The first-order chi connectivity index (χ1) is 8.36. The van der Waals surface area contributed by atoms with E-state index in [0.717, 1.165) is 22.2 Å². The SMILES string of the molecule is C=Cc1ccc(-c2nc3ccccc3o2)cc1. The smallest absolute Gasteiger partial charge is 0.227 e. The van der Waals surface area contributed by atoms with Crippen molar-refractivity contribution in [1.29, 1.82) is 0 Å². The van der Waals surface area contributed by atoms with Gasteiger partial charge in [-0.2, -0.15) is 0 Å². The maximum atomic E-state index is 5.69. The first-order valence-electron chi connectivity index (χ1n) is 5.45. The van der Waals surface area contributed by atoms with E-state index < -0.39 is 0 Å². The summed E-state index contributed by atoms with van der Waals surface area (Å²) in [6, 6.07) is 15.7. The molecule has 0 fully saturated rings. The van der Waals surface area contributed by atoms with Crippen molar-refractivity contribution in [3.05, 3.63) is 60.7 Å². The molecule has 0 amide bonds. The maximum Gasteiger partial charge on any atom is 0.227 e. The van der Waals surface area contributed by atoms with Gasteiger partial charge < -0.3 is 4.42 Å². The lowest BCUT2D eigenvalue weighted by molar-refractivity contribution is 0.620. The van der Waals surface area contributed by atoms with Gasteiger partial charge in [-0.1, -0.05) is 36.9 Å². The molecule has 0 spiro atoms. The van der Waals surface area contributed by atoms with E-state index in [1.807, 2.05) is 54.6 Å². The highest BCUT2D eigenvalue weighted by atomic mass is 16.3. The second kappa shape index (κ2) is 3.91. The highest BCUT2D eigenvalue weighted by Crippen LogP contribution is 2.24. The quantitative estimate of drug-likeness (QED) is 0.650. The summed E-state index contributed by atoms with van der Waals surface area (Å²) in [6.45, 7) is 3.73. The third kappa shape index (κ3) is 1.74. The second-order valence-corrected chi connectivity index (χ2v) is 3.81. The molecule has 0 saturated carbocycles. The van der Waals surface area contributed by atoms with Gasteiger partial charge in [-0.3, -0.25) is 0 Å². The molecule has 3 rings (SSSR count). The van der Waals surface area contributed by atoms with Crippen LogP contribution in [0, 0.1) is 0 Å². The van der Waals surface area contributed by atoms with Crippen LogP contribution in [0.5, 0.6) is 0 Å². The van der Waals surface area contributed by atoms with Gasteiger partial charge in [-0.15, -0.1) is 0 Å². The summed E-state index contributed by atoms with van der Waals surface area (Å²) in [5.41, 5.74) is 3.77. The first-order valence-corrected chi connectivity index (χ1v) is 5.45. The number of oxazole rings is 1. The van der Waals surface area contributed by atoms with Crippen LogP contribution < -0.4 is 0 Å². The van der Waals surface area contributed by atoms with E-state index in [1.165, 1.54) is 0 Å². The Morgan fingerprint density at radius 1 is 1.00 bits per heavy atom. The van der Waals surface area contributed by atoms with Gasteiger partial charge in [0, 0.05) is 5.56 Å². The molecule has 2 aromatic carbocycles. The third-order valence-electron chi connectivity index (χ3n) is 2.69. The molecular weight excluding hydrogens is 210 g/mol. The van der Waals surface area contributed by atoms with E-state index in [1.54, 1.807) is 0 Å². The monoisotopic (exact) mass is 221 g/mol. The van der Waals surface area contributed by atoms with Gasteiger partial charge in [0.15, 0.2) is 5.58 Å². The third-order valence-corrected chi connectivity index (χ3v) is 2.69. The van der Waals surface area contributed by atoms with Crippen molar-refractivity contribution in [2.75, 3.05) is 0 Å². The molecular formula is C15H11NO. The van der Waals surface area contributed by atoms with Crippen molar-refractivity contribution in [2.45, 2.75) is 0 Å². The predicted octanol–water partition coefficient (Wildman–Crippen LogP) is 4.14. The van der Waals surface area contributed by atoms with Gasteiger partial charge in [0.25, 0.3) is 0 Å². The molecule has 17 heavy (non-hydrogen) atoms. The lowest BCUT2D eigenvalue weighted by Gasteiger charge is -1.95. The minimum Gasteiger partial charge on any atom is -0.436 e. The molecule has 2 heteroatoms. The van der Waals surface area contributed by atoms with Crippen molar-refractivity contribution in [3.63, 3.8) is 0 Å². The van der Waals surface area contributed by atoms with Gasteiger partial charge in [0.1, 0.15) is 5.52 Å². The molecule has 0 radical (unpaired) electrons. The van der Waals surface area contributed by atoms with E-state index in [2.05, 4.69) is 11.6 Å². The number of nitrogens with zero attached hydrogens (tertiary/aromatic N) is 1. The van der Waals surface area contributed by atoms with Crippen LogP contribution in [-0.2, 0) is 0 Å². The van der Waals surface area contributed by atoms with Crippen LogP contribution in [0.1, 0.15) is 5.56 Å². The molecule has 82 valence electrons. The van der Waals surface area contributed by atoms with Crippen LogP contribution in [0.15, 0.2) is 59.5 Å². The molecule has 0 aliphatic heterocycles. The van der Waals surface area contributed by atoms with Crippen LogP contribution in [0.25, 0.3) is 28.6 Å². The Labute approximate surface area is 99.2 Å². The van der Waals surface area contributed by atoms with E-state index in [4.69, 9.17) is 4.42 Å². The lowest BCUT2D eigenvalue weighted by atomic mass is 10.1. The summed E-state index contributed by atoms with van der Waals surface area (Å²) < 4.78 is 5.69. The van der Waals surface area contributed by atoms with Crippen molar-refractivity contribution in [3.8, 4) is 11.5 Å². The fraction of sp³-hybridized carbons (Fsp3) is 0. The summed E-state index contributed by atoms with van der Waals surface area (Å²) in [7, 11) is 0. The minimum atomic E-state index is 0.654. The largest absolute Gasteiger partial charge is 0.436 e. The zero-order valence-corrected chi connectivity index (χ0v) is 9.26. The second-order valence-electron chi connectivity index (χ2n) is 3.81. The van der Waals surface area contributed by atoms with Gasteiger partial charge >= 0.3 is 0 Å². The van der Waals surface area contributed by atoms with E-state index in [9.17, 15) is 0 Å². The summed E-state index contributed by atoms with van der Waals surface area (Å²) in [4.78, 5) is 4.45. The number of hydrogen-bond donors (Lipinski definition) is 0. The number of rotatable bonds is 2. The standard InChI is InChI=1S/C15H11NO/c1-2-11-7-9-12(10-8-11)15-16-13-5-3-4-6-14(13)17-15/h2-10H,1H2. The normalized spacial score (nSPS) is 10.6. The van der Waals surface area contributed by atoms with Gasteiger partial charge in [-0.05, 0) is 29.8 Å². The first kappa shape index (κ1) is 9.85. The molecule has 1 heterocycles. The van der Waals surface area contributed by atoms with Gasteiger partial charge in [0.05, 0.1) is 0 Å². The molecule has 0 saturated heterocycles. The van der Waals surface area contributed by atoms with E-state index in [0.29, 0.717) is 5.89 Å². The van der Waals surface area contributed by atoms with E-state index in [-0.39, 0.29) is 0 Å². The summed E-state index contributed by atoms with van der Waals surface area (Å²) in [5, 5.41) is 0. The zero-order chi connectivity index (χ0) is 11.7. The Bertz CT molecular complexity index is 632. The number of aromatic nitrogens is 1. The van der Waals surface area contributed by atoms with Crippen molar-refractivity contribution in [1.82, 2.24) is 4.98 Å². The number of fused-ring (bicyclic) bond motifs is 1. The Morgan fingerprint density at radius 2 is 1.76 bits per heavy atom. The van der Waals surface area contributed by atoms with Crippen LogP contribution in [-0.4, -0.2) is 4.98 Å². The molecule has 0 bridgehead atoms. The van der Waals surface area contributed by atoms with Crippen LogP contribution in [0.3, 0.4) is 0 Å². The Kier molecular flexibility index (Phi) is 2.26. The van der Waals surface area contributed by atoms with Crippen molar-refractivity contribution in [2.24, 2.45) is 0 Å². The maximum absolute atomic E-state index is 5.69. The highest BCUT2D eigenvalue weighted by molar-refractivity contribution is 5.76. The lowest BCUT2D eigenvalue weighted by Crippen LogP contribution is -1.77. The molecule has 0 unspecified atom stereocenters. The number of hydrogen-bond acceptors (Lipinski definition) is 2. The Hall–Kier alpha value is -2.35. The van der Waals surface area contributed by atoms with Crippen LogP contribution >= 0.6 is 0 Å². The summed E-state index contributed by atoms with van der Waals surface area (Å²) in [6.07, 6.45) is 1.82. The van der Waals surface area contributed by atoms with Crippen molar-refractivity contribution < 1.29 is 4.42 Å². The average Bonchev–Trinajstić information content (AvgIpc) is 2.82. The molecule has 2 nitrogen and oxygen atoms in total. The molecule has 0 atom stereocenters. The number of benzene rings is 2. The molecule has 0 aliphatic carbocycles. The van der Waals surface area contributed by atoms with Crippen LogP contribution in [0.2, 0.25) is 0 Å². The summed E-state index contributed by atoms with van der Waals surface area (Å²) >= 11 is 0. The fourth-order valence-corrected chi connectivity index (χ4v) is 1.76. The molecule has 0 aliphatic rings. The minimum absolute atomic E-state index is 0.654. The molecule has 3 aromatic rings. The summed E-state index contributed by atoms with van der Waals surface area (Å²) in [5.74, 6) is 0.654. The van der Waals surface area contributed by atoms with Crippen molar-refractivity contribution >= 4 is 17.2 Å². The Morgan fingerprint density at radius 3 is 2.47 bits per heavy atom. The Balaban J connectivity index is 2.10.